The van der Waals surface area contributed by atoms with Gasteiger partial charge in [0.25, 0.3) is 5.56 Å². The second-order valence-electron chi connectivity index (χ2n) is 9.04. The normalized spacial score (nSPS) is 16.4. The van der Waals surface area contributed by atoms with Gasteiger partial charge in [-0.2, -0.15) is 0 Å². The van der Waals surface area contributed by atoms with E-state index in [1.54, 1.807) is 0 Å². The third-order valence-electron chi connectivity index (χ3n) is 6.48. The molecular formula is C25H39N5O2. The van der Waals surface area contributed by atoms with Crippen LogP contribution in [0.2, 0.25) is 0 Å². The molecule has 32 heavy (non-hydrogen) atoms. The van der Waals surface area contributed by atoms with Crippen molar-refractivity contribution in [1.29, 1.82) is 0 Å². The molecular weight excluding hydrogens is 402 g/mol. The van der Waals surface area contributed by atoms with Crippen molar-refractivity contribution in [2.45, 2.75) is 89.6 Å². The summed E-state index contributed by atoms with van der Waals surface area (Å²) in [4.78, 5) is 29.2. The van der Waals surface area contributed by atoms with Gasteiger partial charge in [-0.25, -0.2) is 4.98 Å². The van der Waals surface area contributed by atoms with Crippen molar-refractivity contribution in [3.8, 4) is 0 Å². The molecule has 1 heterocycles. The van der Waals surface area contributed by atoms with E-state index in [1.807, 2.05) is 28.8 Å². The zero-order chi connectivity index (χ0) is 22.8. The number of aromatic nitrogens is 2. The van der Waals surface area contributed by atoms with Crippen molar-refractivity contribution in [1.82, 2.24) is 14.9 Å². The number of hydrogen-bond acceptors (Lipinski definition) is 5. The van der Waals surface area contributed by atoms with E-state index >= 15 is 0 Å². The zero-order valence-electron chi connectivity index (χ0n) is 19.4. The Morgan fingerprint density at radius 2 is 1.88 bits per heavy atom. The number of rotatable bonds is 11. The topological polar surface area (TPSA) is 102 Å². The number of hydrogen-bond donors (Lipinski definition) is 3. The van der Waals surface area contributed by atoms with E-state index in [0.717, 1.165) is 43.3 Å². The fraction of sp³-hybridized carbons (Fsp3) is 0.640. The molecule has 7 heteroatoms. The Kier molecular flexibility index (Phi) is 9.53. The first-order chi connectivity index (χ1) is 15.6. The Balaban J connectivity index is 1.90. The predicted molar refractivity (Wildman–Crippen MR) is 131 cm³/mol. The molecule has 1 atom stereocenters. The smallest absolute Gasteiger partial charge is 0.294 e. The van der Waals surface area contributed by atoms with Crippen LogP contribution < -0.4 is 21.9 Å². The Morgan fingerprint density at radius 1 is 1.16 bits per heavy atom. The molecule has 1 aromatic carbocycles. The van der Waals surface area contributed by atoms with Gasteiger partial charge in [-0.3, -0.25) is 14.2 Å². The van der Waals surface area contributed by atoms with Gasteiger partial charge in [0, 0.05) is 18.6 Å². The van der Waals surface area contributed by atoms with Crippen LogP contribution in [0.25, 0.3) is 11.0 Å². The van der Waals surface area contributed by atoms with Crippen LogP contribution in [0.1, 0.15) is 83.6 Å². The summed E-state index contributed by atoms with van der Waals surface area (Å²) in [6, 6.07) is 8.28. The molecule has 1 aliphatic rings. The summed E-state index contributed by atoms with van der Waals surface area (Å²) in [5, 5.41) is 6.65. The number of nitrogens with two attached hydrogens (primary N) is 1. The van der Waals surface area contributed by atoms with Gasteiger partial charge in [0.2, 0.25) is 5.91 Å². The molecule has 0 saturated heterocycles. The third-order valence-corrected chi connectivity index (χ3v) is 6.48. The number of carbonyl (C=O) groups is 1. The van der Waals surface area contributed by atoms with E-state index in [0.29, 0.717) is 6.04 Å². The third kappa shape index (κ3) is 6.79. The van der Waals surface area contributed by atoms with Crippen LogP contribution >= 0.6 is 0 Å². The summed E-state index contributed by atoms with van der Waals surface area (Å²) < 4.78 is 1.89. The molecule has 2 aromatic rings. The average Bonchev–Trinajstić information content (AvgIpc) is 2.76. The quantitative estimate of drug-likeness (QED) is 0.455. The standard InChI is InChI=1S/C25H39N5O2/c1-2-3-7-14-20(17-27-19-12-8-5-4-6-9-13-19)30-22-16-11-10-15-21(22)29-24(25(30)32)28-18-23(26)31/h10-11,15-16,19-20,27H,2-9,12-14,17-18H2,1H3,(H2,26,31)(H,28,29)/t20-/m1/s1. The molecule has 0 unspecified atom stereocenters. The molecule has 1 amide bonds. The molecule has 176 valence electrons. The van der Waals surface area contributed by atoms with Crippen LogP contribution in [-0.4, -0.2) is 34.6 Å². The van der Waals surface area contributed by atoms with E-state index in [-0.39, 0.29) is 24.0 Å². The lowest BCUT2D eigenvalue weighted by atomic mass is 9.96. The molecule has 4 N–H and O–H groups in total. The number of amides is 1. The van der Waals surface area contributed by atoms with Gasteiger partial charge in [0.15, 0.2) is 5.82 Å². The van der Waals surface area contributed by atoms with Crippen molar-refractivity contribution in [3.63, 3.8) is 0 Å². The highest BCUT2D eigenvalue weighted by Gasteiger charge is 2.21. The molecule has 1 saturated carbocycles. The lowest BCUT2D eigenvalue weighted by Crippen LogP contribution is -2.39. The zero-order valence-corrected chi connectivity index (χ0v) is 19.4. The number of fused-ring (bicyclic) bond motifs is 1. The van der Waals surface area contributed by atoms with Gasteiger partial charge in [0.1, 0.15) is 0 Å². The number of para-hydroxylation sites is 2. The monoisotopic (exact) mass is 441 g/mol. The van der Waals surface area contributed by atoms with Gasteiger partial charge in [-0.05, 0) is 31.4 Å². The van der Waals surface area contributed by atoms with Gasteiger partial charge in [0.05, 0.1) is 17.6 Å². The Hall–Kier alpha value is -2.41. The van der Waals surface area contributed by atoms with Crippen LogP contribution in [0, 0.1) is 0 Å². The van der Waals surface area contributed by atoms with Crippen molar-refractivity contribution in [2.24, 2.45) is 5.73 Å². The number of benzene rings is 1. The van der Waals surface area contributed by atoms with E-state index < -0.39 is 5.91 Å². The number of nitrogens with zero attached hydrogens (tertiary/aromatic N) is 2. The summed E-state index contributed by atoms with van der Waals surface area (Å²) in [5.41, 5.74) is 6.68. The molecule has 1 aromatic heterocycles. The number of carbonyl (C=O) groups excluding carboxylic acids is 1. The minimum atomic E-state index is -0.517. The van der Waals surface area contributed by atoms with Crippen molar-refractivity contribution < 1.29 is 4.79 Å². The highest BCUT2D eigenvalue weighted by atomic mass is 16.1. The Bertz CT molecular complexity index is 918. The van der Waals surface area contributed by atoms with Gasteiger partial charge in [-0.1, -0.05) is 70.4 Å². The summed E-state index contributed by atoms with van der Waals surface area (Å²) in [7, 11) is 0. The van der Waals surface area contributed by atoms with Crippen LogP contribution in [0.15, 0.2) is 29.1 Å². The molecule has 1 aliphatic carbocycles. The van der Waals surface area contributed by atoms with E-state index in [2.05, 4.69) is 22.5 Å². The van der Waals surface area contributed by atoms with Crippen LogP contribution in [0.3, 0.4) is 0 Å². The van der Waals surface area contributed by atoms with E-state index in [4.69, 9.17) is 5.73 Å². The first kappa shape index (κ1) is 24.2. The van der Waals surface area contributed by atoms with Crippen molar-refractivity contribution >= 4 is 22.8 Å². The summed E-state index contributed by atoms with van der Waals surface area (Å²) in [6.07, 6.45) is 13.2. The molecule has 0 aliphatic heterocycles. The average molecular weight is 442 g/mol. The molecule has 1 fully saturated rings. The number of primary amides is 1. The Morgan fingerprint density at radius 3 is 2.59 bits per heavy atom. The minimum Gasteiger partial charge on any atom is -0.368 e. The first-order valence-electron chi connectivity index (χ1n) is 12.4. The SMILES string of the molecule is CCCCC[C@H](CNC1CCCCCCC1)n1c(=O)c(NCC(N)=O)nc2ccccc21. The number of unbranched alkanes of at least 4 members (excludes halogenated alkanes) is 2. The second kappa shape index (κ2) is 12.6. The largest absolute Gasteiger partial charge is 0.368 e. The highest BCUT2D eigenvalue weighted by molar-refractivity contribution is 5.80. The maximum atomic E-state index is 13.5. The molecule has 7 nitrogen and oxygen atoms in total. The van der Waals surface area contributed by atoms with Crippen molar-refractivity contribution in [3.05, 3.63) is 34.6 Å². The summed E-state index contributed by atoms with van der Waals surface area (Å²) >= 11 is 0. The van der Waals surface area contributed by atoms with E-state index in [9.17, 15) is 9.59 Å². The van der Waals surface area contributed by atoms with Crippen LogP contribution in [0.5, 0.6) is 0 Å². The van der Waals surface area contributed by atoms with Crippen LogP contribution in [-0.2, 0) is 4.79 Å². The maximum absolute atomic E-state index is 13.5. The maximum Gasteiger partial charge on any atom is 0.294 e. The molecule has 0 spiro atoms. The summed E-state index contributed by atoms with van der Waals surface area (Å²) in [5.74, 6) is -0.328. The Labute approximate surface area is 191 Å². The van der Waals surface area contributed by atoms with Crippen molar-refractivity contribution in [2.75, 3.05) is 18.4 Å². The van der Waals surface area contributed by atoms with Gasteiger partial charge >= 0.3 is 0 Å². The molecule has 0 radical (unpaired) electrons. The molecule has 3 rings (SSSR count). The van der Waals surface area contributed by atoms with Crippen LogP contribution in [0.4, 0.5) is 5.82 Å². The first-order valence-corrected chi connectivity index (χ1v) is 12.4. The fourth-order valence-corrected chi connectivity index (χ4v) is 4.72. The number of anilines is 1. The van der Waals surface area contributed by atoms with E-state index in [1.165, 1.54) is 44.9 Å². The number of nitrogens with one attached hydrogen (secondary N) is 2. The lowest BCUT2D eigenvalue weighted by molar-refractivity contribution is -0.116. The minimum absolute atomic E-state index is 0.0292. The van der Waals surface area contributed by atoms with Gasteiger partial charge in [-0.15, -0.1) is 0 Å². The molecule has 0 bridgehead atoms. The predicted octanol–water partition coefficient (Wildman–Crippen LogP) is 4.12. The second-order valence-corrected chi connectivity index (χ2v) is 9.04. The lowest BCUT2D eigenvalue weighted by Gasteiger charge is -2.27. The summed E-state index contributed by atoms with van der Waals surface area (Å²) in [6.45, 7) is 2.85. The van der Waals surface area contributed by atoms with Gasteiger partial charge < -0.3 is 16.4 Å². The highest BCUT2D eigenvalue weighted by Crippen LogP contribution is 2.22. The fourth-order valence-electron chi connectivity index (χ4n) is 4.72.